The number of alkyl halides is 3. The van der Waals surface area contributed by atoms with Gasteiger partial charge in [-0.05, 0) is 34.9 Å². The van der Waals surface area contributed by atoms with E-state index in [1.807, 2.05) is 30.3 Å². The van der Waals surface area contributed by atoms with Crippen LogP contribution in [0.25, 0.3) is 11.1 Å². The lowest BCUT2D eigenvalue weighted by molar-refractivity contribution is -0.275. The summed E-state index contributed by atoms with van der Waals surface area (Å²) >= 11 is 0. The highest BCUT2D eigenvalue weighted by atomic mass is 19.4. The maximum Gasteiger partial charge on any atom is 0.573 e. The van der Waals surface area contributed by atoms with Gasteiger partial charge in [0.1, 0.15) is 18.1 Å². The minimum absolute atomic E-state index is 0.0626. The van der Waals surface area contributed by atoms with E-state index in [0.717, 1.165) is 5.56 Å². The summed E-state index contributed by atoms with van der Waals surface area (Å²) < 4.78 is 47.6. The highest BCUT2D eigenvalue weighted by Crippen LogP contribution is 2.32. The van der Waals surface area contributed by atoms with E-state index < -0.39 is 18.7 Å². The zero-order valence-corrected chi connectivity index (χ0v) is 14.2. The van der Waals surface area contributed by atoms with Crippen molar-refractivity contribution < 1.29 is 27.8 Å². The second-order valence-corrected chi connectivity index (χ2v) is 5.83. The zero-order chi connectivity index (χ0) is 19.3. The summed E-state index contributed by atoms with van der Waals surface area (Å²) in [6, 6.07) is 21.0. The number of benzene rings is 3. The Kier molecular flexibility index (Phi) is 5.66. The van der Waals surface area contributed by atoms with Crippen molar-refractivity contribution in [2.45, 2.75) is 19.6 Å². The smallest absolute Gasteiger partial charge is 0.489 e. The SMILES string of the molecule is OCc1ccc(-c2cccc(OCc3ccccc3)c2)cc1OC(F)(F)F. The average molecular weight is 374 g/mol. The Morgan fingerprint density at radius 3 is 2.26 bits per heavy atom. The van der Waals surface area contributed by atoms with Crippen molar-refractivity contribution in [3.05, 3.63) is 83.9 Å². The van der Waals surface area contributed by atoms with Crippen LogP contribution >= 0.6 is 0 Å². The molecular weight excluding hydrogens is 357 g/mol. The Bertz CT molecular complexity index is 893. The Hall–Kier alpha value is -2.99. The van der Waals surface area contributed by atoms with E-state index >= 15 is 0 Å². The van der Waals surface area contributed by atoms with Gasteiger partial charge >= 0.3 is 6.36 Å². The number of hydrogen-bond donors (Lipinski definition) is 1. The van der Waals surface area contributed by atoms with E-state index in [1.165, 1.54) is 12.1 Å². The maximum absolute atomic E-state index is 12.6. The van der Waals surface area contributed by atoms with Gasteiger partial charge in [0.05, 0.1) is 6.61 Å². The van der Waals surface area contributed by atoms with Gasteiger partial charge in [-0.2, -0.15) is 0 Å². The molecule has 140 valence electrons. The Balaban J connectivity index is 1.82. The van der Waals surface area contributed by atoms with Crippen molar-refractivity contribution in [3.63, 3.8) is 0 Å². The fraction of sp³-hybridized carbons (Fsp3) is 0.143. The highest BCUT2D eigenvalue weighted by molar-refractivity contribution is 5.67. The number of rotatable bonds is 6. The van der Waals surface area contributed by atoms with Crippen molar-refractivity contribution in [1.29, 1.82) is 0 Å². The molecule has 0 aliphatic carbocycles. The Labute approximate surface area is 154 Å². The van der Waals surface area contributed by atoms with Crippen molar-refractivity contribution >= 4 is 0 Å². The fourth-order valence-corrected chi connectivity index (χ4v) is 2.59. The third kappa shape index (κ3) is 5.24. The predicted octanol–water partition coefficient (Wildman–Crippen LogP) is 5.32. The molecule has 0 aliphatic rings. The largest absolute Gasteiger partial charge is 0.573 e. The van der Waals surface area contributed by atoms with Crippen LogP contribution in [0.4, 0.5) is 13.2 Å². The van der Waals surface area contributed by atoms with Crippen molar-refractivity contribution in [1.82, 2.24) is 0 Å². The first-order valence-electron chi connectivity index (χ1n) is 8.21. The molecule has 0 bridgehead atoms. The molecule has 0 aliphatic heterocycles. The molecule has 3 nitrogen and oxygen atoms in total. The number of hydrogen-bond acceptors (Lipinski definition) is 3. The monoisotopic (exact) mass is 374 g/mol. The molecule has 0 spiro atoms. The van der Waals surface area contributed by atoms with E-state index in [4.69, 9.17) is 4.74 Å². The van der Waals surface area contributed by atoms with Gasteiger partial charge in [-0.3, -0.25) is 0 Å². The molecule has 0 aromatic heterocycles. The summed E-state index contributed by atoms with van der Waals surface area (Å²) in [7, 11) is 0. The van der Waals surface area contributed by atoms with E-state index in [1.54, 1.807) is 30.3 Å². The van der Waals surface area contributed by atoms with Crippen LogP contribution in [-0.2, 0) is 13.2 Å². The molecule has 0 fully saturated rings. The fourth-order valence-electron chi connectivity index (χ4n) is 2.59. The van der Waals surface area contributed by atoms with Crippen molar-refractivity contribution in [2.75, 3.05) is 0 Å². The molecule has 6 heteroatoms. The van der Waals surface area contributed by atoms with Crippen LogP contribution in [0.1, 0.15) is 11.1 Å². The summed E-state index contributed by atoms with van der Waals surface area (Å²) in [6.45, 7) is -0.165. The van der Waals surface area contributed by atoms with Crippen molar-refractivity contribution in [2.24, 2.45) is 0 Å². The summed E-state index contributed by atoms with van der Waals surface area (Å²) in [5.41, 5.74) is 2.28. The minimum atomic E-state index is -4.83. The first-order valence-corrected chi connectivity index (χ1v) is 8.21. The minimum Gasteiger partial charge on any atom is -0.489 e. The first-order chi connectivity index (χ1) is 12.9. The van der Waals surface area contributed by atoms with Crippen LogP contribution in [0.2, 0.25) is 0 Å². The topological polar surface area (TPSA) is 38.7 Å². The summed E-state index contributed by atoms with van der Waals surface area (Å²) in [6.07, 6.45) is -4.83. The number of aliphatic hydroxyl groups excluding tert-OH is 1. The van der Waals surface area contributed by atoms with Gasteiger partial charge in [0.25, 0.3) is 0 Å². The lowest BCUT2D eigenvalue weighted by Gasteiger charge is -2.14. The number of ether oxygens (including phenoxy) is 2. The molecule has 0 saturated heterocycles. The van der Waals surface area contributed by atoms with Gasteiger partial charge in [0, 0.05) is 5.56 Å². The van der Waals surface area contributed by atoms with Crippen LogP contribution in [0.3, 0.4) is 0 Å². The molecule has 0 unspecified atom stereocenters. The van der Waals surface area contributed by atoms with Gasteiger partial charge in [-0.1, -0.05) is 54.6 Å². The molecule has 1 N–H and O–H groups in total. The molecule has 0 heterocycles. The molecule has 0 amide bonds. The standard InChI is InChI=1S/C21H17F3O3/c22-21(23,24)27-20-12-17(9-10-18(20)13-25)16-7-4-8-19(11-16)26-14-15-5-2-1-3-6-15/h1-12,25H,13-14H2. The molecule has 27 heavy (non-hydrogen) atoms. The van der Waals surface area contributed by atoms with Gasteiger partial charge in [0.15, 0.2) is 0 Å². The Morgan fingerprint density at radius 1 is 0.815 bits per heavy atom. The second-order valence-electron chi connectivity index (χ2n) is 5.83. The van der Waals surface area contributed by atoms with Crippen LogP contribution in [-0.4, -0.2) is 11.5 Å². The summed E-state index contributed by atoms with van der Waals surface area (Å²) in [4.78, 5) is 0. The third-order valence-corrected chi connectivity index (χ3v) is 3.88. The van der Waals surface area contributed by atoms with Crippen LogP contribution < -0.4 is 9.47 Å². The van der Waals surface area contributed by atoms with Gasteiger partial charge in [-0.15, -0.1) is 13.2 Å². The molecule has 0 saturated carbocycles. The van der Waals surface area contributed by atoms with Gasteiger partial charge in [0.2, 0.25) is 0 Å². The zero-order valence-electron chi connectivity index (χ0n) is 14.2. The van der Waals surface area contributed by atoms with E-state index in [9.17, 15) is 18.3 Å². The van der Waals surface area contributed by atoms with E-state index in [2.05, 4.69) is 4.74 Å². The quantitative estimate of drug-likeness (QED) is 0.634. The second kappa shape index (κ2) is 8.14. The van der Waals surface area contributed by atoms with Gasteiger partial charge in [-0.25, -0.2) is 0 Å². The third-order valence-electron chi connectivity index (χ3n) is 3.88. The number of aliphatic hydroxyl groups is 1. The van der Waals surface area contributed by atoms with Gasteiger partial charge < -0.3 is 14.6 Å². The van der Waals surface area contributed by atoms with Crippen LogP contribution in [0.5, 0.6) is 11.5 Å². The van der Waals surface area contributed by atoms with Crippen molar-refractivity contribution in [3.8, 4) is 22.6 Å². The lowest BCUT2D eigenvalue weighted by atomic mass is 10.0. The molecular formula is C21H17F3O3. The average Bonchev–Trinajstić information content (AvgIpc) is 2.66. The summed E-state index contributed by atoms with van der Waals surface area (Å²) in [5, 5.41) is 9.23. The first kappa shape index (κ1) is 18.8. The van der Waals surface area contributed by atoms with E-state index in [-0.39, 0.29) is 5.56 Å². The van der Waals surface area contributed by atoms with E-state index in [0.29, 0.717) is 23.5 Å². The summed E-state index contributed by atoms with van der Waals surface area (Å²) in [5.74, 6) is 0.180. The highest BCUT2D eigenvalue weighted by Gasteiger charge is 2.32. The molecule has 3 aromatic carbocycles. The van der Waals surface area contributed by atoms with Crippen LogP contribution in [0.15, 0.2) is 72.8 Å². The molecule has 3 aromatic rings. The number of halogens is 3. The predicted molar refractivity (Wildman–Crippen MR) is 95.3 cm³/mol. The normalized spacial score (nSPS) is 11.3. The molecule has 0 radical (unpaired) electrons. The molecule has 0 atom stereocenters. The maximum atomic E-state index is 12.6. The van der Waals surface area contributed by atoms with Crippen LogP contribution in [0, 0.1) is 0 Å². The Morgan fingerprint density at radius 2 is 1.56 bits per heavy atom. The lowest BCUT2D eigenvalue weighted by Crippen LogP contribution is -2.18. The molecule has 3 rings (SSSR count).